The summed E-state index contributed by atoms with van der Waals surface area (Å²) in [4.78, 5) is 10.6. The van der Waals surface area contributed by atoms with Crippen molar-refractivity contribution in [3.8, 4) is 0 Å². The molecule has 2 aromatic heterocycles. The van der Waals surface area contributed by atoms with Crippen molar-refractivity contribution in [2.24, 2.45) is 5.73 Å². The lowest BCUT2D eigenvalue weighted by Gasteiger charge is -2.22. The number of hydrogen-bond acceptors (Lipinski definition) is 4. The van der Waals surface area contributed by atoms with E-state index in [-0.39, 0.29) is 6.04 Å². The lowest BCUT2D eigenvalue weighted by molar-refractivity contribution is 0.788. The van der Waals surface area contributed by atoms with Gasteiger partial charge in [-0.15, -0.1) is 0 Å². The molecule has 2 rings (SSSR count). The van der Waals surface area contributed by atoms with Gasteiger partial charge in [0, 0.05) is 43.8 Å². The molecular weight excluding hydrogens is 224 g/mol. The van der Waals surface area contributed by atoms with Crippen LogP contribution in [0.2, 0.25) is 0 Å². The van der Waals surface area contributed by atoms with Crippen molar-refractivity contribution in [2.75, 3.05) is 11.9 Å². The van der Waals surface area contributed by atoms with E-state index in [0.717, 1.165) is 23.5 Å². The first kappa shape index (κ1) is 12.5. The van der Waals surface area contributed by atoms with Crippen LogP contribution in [-0.2, 0) is 6.54 Å². The molecular formula is C14H18N4. The molecule has 0 radical (unpaired) electrons. The van der Waals surface area contributed by atoms with Crippen LogP contribution < -0.4 is 10.6 Å². The molecule has 0 aliphatic carbocycles. The first-order valence-electron chi connectivity index (χ1n) is 5.99. The minimum absolute atomic E-state index is 0.0231. The predicted molar refractivity (Wildman–Crippen MR) is 73.2 cm³/mol. The second kappa shape index (κ2) is 5.60. The fourth-order valence-electron chi connectivity index (χ4n) is 1.92. The molecule has 0 saturated carbocycles. The molecule has 0 amide bonds. The number of anilines is 1. The lowest BCUT2D eigenvalue weighted by atomic mass is 10.1. The molecule has 4 heteroatoms. The minimum atomic E-state index is -0.0231. The molecule has 0 aromatic carbocycles. The monoisotopic (exact) mass is 242 g/mol. The topological polar surface area (TPSA) is 55.0 Å². The highest BCUT2D eigenvalue weighted by Crippen LogP contribution is 2.22. The van der Waals surface area contributed by atoms with E-state index >= 15 is 0 Å². The molecule has 2 heterocycles. The minimum Gasteiger partial charge on any atom is -0.355 e. The summed E-state index contributed by atoms with van der Waals surface area (Å²) in [6, 6.07) is 7.91. The Bertz CT molecular complexity index is 496. The molecule has 0 aliphatic rings. The first-order chi connectivity index (χ1) is 8.68. The van der Waals surface area contributed by atoms with Gasteiger partial charge in [-0.3, -0.25) is 4.98 Å². The predicted octanol–water partition coefficient (Wildman–Crippen LogP) is 2.13. The summed E-state index contributed by atoms with van der Waals surface area (Å²) in [6.45, 7) is 2.74. The van der Waals surface area contributed by atoms with Crippen LogP contribution in [0.5, 0.6) is 0 Å². The van der Waals surface area contributed by atoms with Gasteiger partial charge in [-0.2, -0.15) is 0 Å². The van der Waals surface area contributed by atoms with Crippen LogP contribution in [0.3, 0.4) is 0 Å². The molecule has 18 heavy (non-hydrogen) atoms. The molecule has 1 unspecified atom stereocenters. The van der Waals surface area contributed by atoms with Crippen LogP contribution >= 0.6 is 0 Å². The van der Waals surface area contributed by atoms with E-state index in [1.165, 1.54) is 0 Å². The van der Waals surface area contributed by atoms with E-state index in [2.05, 4.69) is 20.9 Å². The van der Waals surface area contributed by atoms with Crippen LogP contribution in [0.25, 0.3) is 0 Å². The van der Waals surface area contributed by atoms with Crippen molar-refractivity contribution >= 4 is 5.82 Å². The average Bonchev–Trinajstić information content (AvgIpc) is 2.40. The van der Waals surface area contributed by atoms with Crippen molar-refractivity contribution in [1.29, 1.82) is 0 Å². The molecule has 0 saturated heterocycles. The maximum atomic E-state index is 5.97. The molecule has 0 spiro atoms. The smallest absolute Gasteiger partial charge is 0.133 e. The third-order valence-corrected chi connectivity index (χ3v) is 2.81. The third kappa shape index (κ3) is 2.84. The average molecular weight is 242 g/mol. The van der Waals surface area contributed by atoms with E-state index in [0.29, 0.717) is 0 Å². The van der Waals surface area contributed by atoms with Gasteiger partial charge in [0.15, 0.2) is 0 Å². The summed E-state index contributed by atoms with van der Waals surface area (Å²) in [6.07, 6.45) is 5.43. The van der Waals surface area contributed by atoms with Gasteiger partial charge in [-0.25, -0.2) is 4.98 Å². The SMILES string of the molecule is CC(N)c1cccnc1N(C)Cc1cccnc1. The van der Waals surface area contributed by atoms with Gasteiger partial charge in [-0.1, -0.05) is 12.1 Å². The molecule has 1 atom stereocenters. The summed E-state index contributed by atoms with van der Waals surface area (Å²) >= 11 is 0. The van der Waals surface area contributed by atoms with Crippen molar-refractivity contribution in [3.05, 3.63) is 54.0 Å². The number of nitrogens with zero attached hydrogens (tertiary/aromatic N) is 3. The van der Waals surface area contributed by atoms with E-state index in [4.69, 9.17) is 5.73 Å². The molecule has 2 N–H and O–H groups in total. The van der Waals surface area contributed by atoms with E-state index in [9.17, 15) is 0 Å². The fraction of sp³-hybridized carbons (Fsp3) is 0.286. The number of nitrogens with two attached hydrogens (primary N) is 1. The van der Waals surface area contributed by atoms with Crippen LogP contribution in [0.4, 0.5) is 5.82 Å². The Labute approximate surface area is 107 Å². The van der Waals surface area contributed by atoms with Gasteiger partial charge >= 0.3 is 0 Å². The summed E-state index contributed by atoms with van der Waals surface area (Å²) in [5, 5.41) is 0. The van der Waals surface area contributed by atoms with Gasteiger partial charge in [0.2, 0.25) is 0 Å². The van der Waals surface area contributed by atoms with Gasteiger partial charge < -0.3 is 10.6 Å². The van der Waals surface area contributed by atoms with Crippen molar-refractivity contribution in [2.45, 2.75) is 19.5 Å². The molecule has 0 aliphatic heterocycles. The summed E-state index contributed by atoms with van der Waals surface area (Å²) in [5.74, 6) is 0.927. The second-order valence-electron chi connectivity index (χ2n) is 4.42. The molecule has 4 nitrogen and oxygen atoms in total. The van der Waals surface area contributed by atoms with Crippen molar-refractivity contribution in [1.82, 2.24) is 9.97 Å². The van der Waals surface area contributed by atoms with Crippen LogP contribution in [0.1, 0.15) is 24.1 Å². The summed E-state index contributed by atoms with van der Waals surface area (Å²) < 4.78 is 0. The lowest BCUT2D eigenvalue weighted by Crippen LogP contribution is -2.21. The van der Waals surface area contributed by atoms with Gasteiger partial charge in [0.05, 0.1) is 0 Å². The molecule has 2 aromatic rings. The zero-order chi connectivity index (χ0) is 13.0. The van der Waals surface area contributed by atoms with Gasteiger partial charge in [0.25, 0.3) is 0 Å². The highest BCUT2D eigenvalue weighted by Gasteiger charge is 2.11. The van der Waals surface area contributed by atoms with Crippen LogP contribution in [0, 0.1) is 0 Å². The summed E-state index contributed by atoms with van der Waals surface area (Å²) in [7, 11) is 2.02. The van der Waals surface area contributed by atoms with E-state index < -0.39 is 0 Å². The summed E-state index contributed by atoms with van der Waals surface area (Å²) in [5.41, 5.74) is 8.18. The zero-order valence-electron chi connectivity index (χ0n) is 10.7. The Morgan fingerprint density at radius 3 is 2.72 bits per heavy atom. The number of aromatic nitrogens is 2. The van der Waals surface area contributed by atoms with Crippen molar-refractivity contribution in [3.63, 3.8) is 0 Å². The number of hydrogen-bond donors (Lipinski definition) is 1. The highest BCUT2D eigenvalue weighted by molar-refractivity contribution is 5.47. The van der Waals surface area contributed by atoms with E-state index in [1.54, 1.807) is 12.4 Å². The Morgan fingerprint density at radius 1 is 1.28 bits per heavy atom. The van der Waals surface area contributed by atoms with Gasteiger partial charge in [0.1, 0.15) is 5.82 Å². The van der Waals surface area contributed by atoms with E-state index in [1.807, 2.05) is 38.4 Å². The number of pyridine rings is 2. The Balaban J connectivity index is 2.21. The third-order valence-electron chi connectivity index (χ3n) is 2.81. The second-order valence-corrected chi connectivity index (χ2v) is 4.42. The zero-order valence-corrected chi connectivity index (χ0v) is 10.7. The highest BCUT2D eigenvalue weighted by atomic mass is 15.2. The van der Waals surface area contributed by atoms with Crippen molar-refractivity contribution < 1.29 is 0 Å². The molecule has 0 bridgehead atoms. The Morgan fingerprint density at radius 2 is 2.06 bits per heavy atom. The fourth-order valence-corrected chi connectivity index (χ4v) is 1.92. The Hall–Kier alpha value is -1.94. The Kier molecular flexibility index (Phi) is 3.89. The molecule has 94 valence electrons. The first-order valence-corrected chi connectivity index (χ1v) is 5.99. The molecule has 0 fully saturated rings. The largest absolute Gasteiger partial charge is 0.355 e. The maximum Gasteiger partial charge on any atom is 0.133 e. The maximum absolute atomic E-state index is 5.97. The number of rotatable bonds is 4. The van der Waals surface area contributed by atoms with Crippen LogP contribution in [0.15, 0.2) is 42.9 Å². The van der Waals surface area contributed by atoms with Gasteiger partial charge in [-0.05, 0) is 24.6 Å². The normalized spacial score (nSPS) is 12.2. The standard InChI is InChI=1S/C14H18N4/c1-11(15)13-6-4-8-17-14(13)18(2)10-12-5-3-7-16-9-12/h3-9,11H,10,15H2,1-2H3. The quantitative estimate of drug-likeness (QED) is 0.892. The van der Waals surface area contributed by atoms with Crippen LogP contribution in [-0.4, -0.2) is 17.0 Å².